The van der Waals surface area contributed by atoms with Crippen molar-refractivity contribution in [2.75, 3.05) is 20.6 Å². The van der Waals surface area contributed by atoms with E-state index in [1.54, 1.807) is 0 Å². The molecule has 5 nitrogen and oxygen atoms in total. The molecule has 2 aromatic rings. The second kappa shape index (κ2) is 13.4. The van der Waals surface area contributed by atoms with E-state index in [2.05, 4.69) is 62.7 Å². The molecule has 0 saturated carbocycles. The van der Waals surface area contributed by atoms with Crippen LogP contribution in [0.5, 0.6) is 0 Å². The maximum atomic E-state index is 4.40. The zero-order valence-corrected chi connectivity index (χ0v) is 18.8. The van der Waals surface area contributed by atoms with Crippen LogP contribution in [0.3, 0.4) is 0 Å². The van der Waals surface area contributed by atoms with E-state index in [1.165, 1.54) is 30.4 Å². The van der Waals surface area contributed by atoms with Gasteiger partial charge in [-0.1, -0.05) is 36.8 Å². The minimum Gasteiger partial charge on any atom is -0.352 e. The zero-order chi connectivity index (χ0) is 18.6. The smallest absolute Gasteiger partial charge is 0.193 e. The lowest BCUT2D eigenvalue weighted by atomic mass is 10.1. The Labute approximate surface area is 180 Å². The van der Waals surface area contributed by atoms with E-state index in [0.29, 0.717) is 0 Å². The van der Waals surface area contributed by atoms with Gasteiger partial charge in [0, 0.05) is 46.1 Å². The summed E-state index contributed by atoms with van der Waals surface area (Å²) in [5, 5.41) is 3.46. The number of allylic oxidation sites excluding steroid dienone is 1. The Morgan fingerprint density at radius 1 is 1.30 bits per heavy atom. The lowest BCUT2D eigenvalue weighted by molar-refractivity contribution is 0.455. The SMILES string of the molecule is C=CCCCCCN(C)C(=NC)NCc1cccc(Cn2ccnc2)c1.I. The van der Waals surface area contributed by atoms with Crippen molar-refractivity contribution in [2.45, 2.75) is 38.8 Å². The Bertz CT molecular complexity index is 682. The fourth-order valence-corrected chi connectivity index (χ4v) is 2.92. The van der Waals surface area contributed by atoms with Crippen LogP contribution in [-0.4, -0.2) is 41.1 Å². The molecular formula is C21H32IN5. The molecule has 0 spiro atoms. The number of aromatic nitrogens is 2. The van der Waals surface area contributed by atoms with Crippen LogP contribution in [0.15, 0.2) is 60.6 Å². The third-order valence-electron chi connectivity index (χ3n) is 4.34. The topological polar surface area (TPSA) is 45.5 Å². The first kappa shape index (κ1) is 23.2. The van der Waals surface area contributed by atoms with Crippen molar-refractivity contribution in [3.8, 4) is 0 Å². The van der Waals surface area contributed by atoms with Gasteiger partial charge in [0.2, 0.25) is 0 Å². The number of guanidine groups is 1. The summed E-state index contributed by atoms with van der Waals surface area (Å²) >= 11 is 0. The Kier molecular flexibility index (Phi) is 11.5. The van der Waals surface area contributed by atoms with Crippen LogP contribution in [0.1, 0.15) is 36.8 Å². The van der Waals surface area contributed by atoms with Gasteiger partial charge in [-0.3, -0.25) is 4.99 Å². The quantitative estimate of drug-likeness (QED) is 0.181. The third kappa shape index (κ3) is 8.60. The second-order valence-corrected chi connectivity index (χ2v) is 6.52. The van der Waals surface area contributed by atoms with Crippen molar-refractivity contribution < 1.29 is 0 Å². The van der Waals surface area contributed by atoms with Crippen molar-refractivity contribution in [3.63, 3.8) is 0 Å². The van der Waals surface area contributed by atoms with Gasteiger partial charge in [-0.2, -0.15) is 0 Å². The molecule has 1 aromatic heterocycles. The fraction of sp³-hybridized carbons (Fsp3) is 0.429. The van der Waals surface area contributed by atoms with E-state index < -0.39 is 0 Å². The molecule has 1 heterocycles. The van der Waals surface area contributed by atoms with Crippen LogP contribution in [-0.2, 0) is 13.1 Å². The highest BCUT2D eigenvalue weighted by atomic mass is 127. The fourth-order valence-electron chi connectivity index (χ4n) is 2.92. The zero-order valence-electron chi connectivity index (χ0n) is 16.5. The number of nitrogens with one attached hydrogen (secondary N) is 1. The highest BCUT2D eigenvalue weighted by Gasteiger charge is 2.05. The van der Waals surface area contributed by atoms with Gasteiger partial charge in [0.1, 0.15) is 0 Å². The van der Waals surface area contributed by atoms with Gasteiger partial charge in [0.25, 0.3) is 0 Å². The average Bonchev–Trinajstić information content (AvgIpc) is 3.15. The Hall–Kier alpha value is -1.83. The largest absolute Gasteiger partial charge is 0.352 e. The predicted octanol–water partition coefficient (Wildman–Crippen LogP) is 4.30. The van der Waals surface area contributed by atoms with Gasteiger partial charge in [-0.05, 0) is 30.4 Å². The molecule has 0 atom stereocenters. The van der Waals surface area contributed by atoms with E-state index in [0.717, 1.165) is 32.0 Å². The molecule has 6 heteroatoms. The molecule has 148 valence electrons. The molecule has 0 saturated heterocycles. The number of hydrogen-bond donors (Lipinski definition) is 1. The van der Waals surface area contributed by atoms with Crippen LogP contribution in [0, 0.1) is 0 Å². The molecule has 0 aliphatic carbocycles. The minimum atomic E-state index is 0. The molecule has 0 aliphatic heterocycles. The molecule has 1 aromatic carbocycles. The standard InChI is InChI=1S/C21H31N5.HI/c1-4-5-6-7-8-13-25(3)21(22-2)24-16-19-10-9-11-20(15-19)17-26-14-12-23-18-26;/h4,9-12,14-15,18H,1,5-8,13,16-17H2,2-3H3,(H,22,24);1H. The number of aliphatic imine (C=N–C) groups is 1. The first-order chi connectivity index (χ1) is 12.7. The molecule has 0 amide bonds. The van der Waals surface area contributed by atoms with Crippen LogP contribution < -0.4 is 5.32 Å². The van der Waals surface area contributed by atoms with Crippen LogP contribution in [0.4, 0.5) is 0 Å². The van der Waals surface area contributed by atoms with E-state index in [4.69, 9.17) is 0 Å². The van der Waals surface area contributed by atoms with Crippen molar-refractivity contribution in [1.29, 1.82) is 0 Å². The van der Waals surface area contributed by atoms with Crippen molar-refractivity contribution in [1.82, 2.24) is 19.8 Å². The molecule has 27 heavy (non-hydrogen) atoms. The molecule has 0 radical (unpaired) electrons. The number of benzene rings is 1. The number of halogens is 1. The normalized spacial score (nSPS) is 11.0. The van der Waals surface area contributed by atoms with Crippen molar-refractivity contribution in [2.24, 2.45) is 4.99 Å². The van der Waals surface area contributed by atoms with Gasteiger partial charge < -0.3 is 14.8 Å². The maximum absolute atomic E-state index is 4.40. The summed E-state index contributed by atoms with van der Waals surface area (Å²) in [5.74, 6) is 0.939. The highest BCUT2D eigenvalue weighted by Crippen LogP contribution is 2.08. The Balaban J connectivity index is 0.00000364. The molecule has 0 fully saturated rings. The van der Waals surface area contributed by atoms with E-state index in [-0.39, 0.29) is 24.0 Å². The number of unbranched alkanes of at least 4 members (excludes halogenated alkanes) is 3. The Morgan fingerprint density at radius 2 is 2.11 bits per heavy atom. The summed E-state index contributed by atoms with van der Waals surface area (Å²) in [6, 6.07) is 8.63. The number of nitrogens with zero attached hydrogens (tertiary/aromatic N) is 4. The van der Waals surface area contributed by atoms with Crippen LogP contribution >= 0.6 is 24.0 Å². The van der Waals surface area contributed by atoms with Crippen LogP contribution in [0.25, 0.3) is 0 Å². The Morgan fingerprint density at radius 3 is 2.81 bits per heavy atom. The number of hydrogen-bond acceptors (Lipinski definition) is 2. The van der Waals surface area contributed by atoms with Gasteiger partial charge in [-0.15, -0.1) is 30.6 Å². The molecule has 0 bridgehead atoms. The lowest BCUT2D eigenvalue weighted by Gasteiger charge is -2.22. The molecule has 2 rings (SSSR count). The van der Waals surface area contributed by atoms with Gasteiger partial charge in [0.05, 0.1) is 6.33 Å². The van der Waals surface area contributed by atoms with Gasteiger partial charge in [0.15, 0.2) is 5.96 Å². The second-order valence-electron chi connectivity index (χ2n) is 6.52. The van der Waals surface area contributed by atoms with Gasteiger partial charge >= 0.3 is 0 Å². The van der Waals surface area contributed by atoms with E-state index in [1.807, 2.05) is 31.8 Å². The summed E-state index contributed by atoms with van der Waals surface area (Å²) in [7, 11) is 3.93. The first-order valence-corrected chi connectivity index (χ1v) is 9.29. The van der Waals surface area contributed by atoms with Gasteiger partial charge in [-0.25, -0.2) is 4.98 Å². The summed E-state index contributed by atoms with van der Waals surface area (Å²) in [6.45, 7) is 6.39. The molecular weight excluding hydrogens is 449 g/mol. The van der Waals surface area contributed by atoms with Crippen molar-refractivity contribution >= 4 is 29.9 Å². The molecule has 1 N–H and O–H groups in total. The average molecular weight is 481 g/mol. The third-order valence-corrected chi connectivity index (χ3v) is 4.34. The summed E-state index contributed by atoms with van der Waals surface area (Å²) < 4.78 is 2.08. The van der Waals surface area contributed by atoms with Crippen LogP contribution in [0.2, 0.25) is 0 Å². The predicted molar refractivity (Wildman–Crippen MR) is 125 cm³/mol. The maximum Gasteiger partial charge on any atom is 0.193 e. The first-order valence-electron chi connectivity index (χ1n) is 9.29. The lowest BCUT2D eigenvalue weighted by Crippen LogP contribution is -2.39. The highest BCUT2D eigenvalue weighted by molar-refractivity contribution is 14.0. The minimum absolute atomic E-state index is 0. The van der Waals surface area contributed by atoms with E-state index >= 15 is 0 Å². The van der Waals surface area contributed by atoms with Crippen molar-refractivity contribution in [3.05, 3.63) is 66.8 Å². The summed E-state index contributed by atoms with van der Waals surface area (Å²) in [5.41, 5.74) is 2.52. The van der Waals surface area contributed by atoms with E-state index in [9.17, 15) is 0 Å². The monoisotopic (exact) mass is 481 g/mol. The number of rotatable bonds is 10. The molecule has 0 unspecified atom stereocenters. The number of imidazole rings is 1. The summed E-state index contributed by atoms with van der Waals surface area (Å²) in [4.78, 5) is 10.7. The molecule has 0 aliphatic rings. The summed E-state index contributed by atoms with van der Waals surface area (Å²) in [6.07, 6.45) is 12.3.